The molecule has 2 rings (SSSR count). The van der Waals surface area contributed by atoms with Crippen LogP contribution in [-0.4, -0.2) is 36.7 Å². The molecule has 0 spiro atoms. The first-order valence-electron chi connectivity index (χ1n) is 6.43. The van der Waals surface area contributed by atoms with Gasteiger partial charge < -0.3 is 15.2 Å². The smallest absolute Gasteiger partial charge is 0.404 e. The highest BCUT2D eigenvalue weighted by Gasteiger charge is 2.39. The third-order valence-corrected chi connectivity index (χ3v) is 3.91. The summed E-state index contributed by atoms with van der Waals surface area (Å²) in [7, 11) is 1.37. The summed E-state index contributed by atoms with van der Waals surface area (Å²) in [5.41, 5.74) is 0.200. The van der Waals surface area contributed by atoms with E-state index in [0.717, 1.165) is 5.01 Å². The number of ether oxygens (including phenoxy) is 1. The standard InChI is InChI=1S/C13H12Cl3N3O4/c1-23-11-7(2-3-17-13(21)22)12(20)19(18-11)10-8(15)4-6(14)5-9(10)16/h4-5,7,17H,2-3H2,1H3,(H,21,22). The third kappa shape index (κ3) is 3.80. The van der Waals surface area contributed by atoms with E-state index in [0.29, 0.717) is 5.02 Å². The Labute approximate surface area is 146 Å². The molecule has 10 heteroatoms. The molecular weight excluding hydrogens is 369 g/mol. The number of carbonyl (C=O) groups excluding carboxylic acids is 1. The molecule has 1 heterocycles. The van der Waals surface area contributed by atoms with Crippen molar-refractivity contribution >= 4 is 58.4 Å². The molecule has 0 saturated heterocycles. The molecule has 1 aromatic carbocycles. The Balaban J connectivity index is 2.27. The van der Waals surface area contributed by atoms with Crippen molar-refractivity contribution < 1.29 is 19.4 Å². The van der Waals surface area contributed by atoms with Gasteiger partial charge in [-0.15, -0.1) is 5.10 Å². The second kappa shape index (κ2) is 7.25. The maximum absolute atomic E-state index is 12.5. The number of amides is 2. The Hall–Kier alpha value is -1.70. The van der Waals surface area contributed by atoms with Crippen molar-refractivity contribution in [3.05, 3.63) is 27.2 Å². The van der Waals surface area contributed by atoms with Crippen LogP contribution in [0.15, 0.2) is 17.2 Å². The number of benzene rings is 1. The van der Waals surface area contributed by atoms with Gasteiger partial charge in [-0.2, -0.15) is 5.01 Å². The van der Waals surface area contributed by atoms with Gasteiger partial charge in [0, 0.05) is 11.6 Å². The van der Waals surface area contributed by atoms with Gasteiger partial charge in [-0.3, -0.25) is 4.79 Å². The van der Waals surface area contributed by atoms with Crippen LogP contribution < -0.4 is 10.3 Å². The van der Waals surface area contributed by atoms with Crippen LogP contribution in [0.25, 0.3) is 0 Å². The molecule has 2 amide bonds. The molecule has 1 aliphatic rings. The molecule has 0 radical (unpaired) electrons. The summed E-state index contributed by atoms with van der Waals surface area (Å²) in [5.74, 6) is -0.987. The van der Waals surface area contributed by atoms with Crippen LogP contribution >= 0.6 is 34.8 Å². The number of nitrogens with one attached hydrogen (secondary N) is 1. The molecule has 2 N–H and O–H groups in total. The summed E-state index contributed by atoms with van der Waals surface area (Å²) in [4.78, 5) is 23.0. The lowest BCUT2D eigenvalue weighted by atomic mass is 10.1. The van der Waals surface area contributed by atoms with Gasteiger partial charge >= 0.3 is 6.09 Å². The van der Waals surface area contributed by atoms with Crippen molar-refractivity contribution in [1.82, 2.24) is 5.32 Å². The van der Waals surface area contributed by atoms with Crippen LogP contribution in [0.4, 0.5) is 10.5 Å². The van der Waals surface area contributed by atoms with E-state index in [2.05, 4.69) is 10.4 Å². The van der Waals surface area contributed by atoms with Gasteiger partial charge in [0.2, 0.25) is 5.90 Å². The van der Waals surface area contributed by atoms with Gasteiger partial charge in [0.15, 0.2) is 0 Å². The van der Waals surface area contributed by atoms with Crippen LogP contribution in [0.5, 0.6) is 0 Å². The molecular formula is C13H12Cl3N3O4. The second-order valence-electron chi connectivity index (χ2n) is 4.58. The fraction of sp³-hybridized carbons (Fsp3) is 0.308. The molecule has 0 aromatic heterocycles. The maximum Gasteiger partial charge on any atom is 0.404 e. The van der Waals surface area contributed by atoms with Gasteiger partial charge in [0.05, 0.1) is 17.2 Å². The lowest BCUT2D eigenvalue weighted by molar-refractivity contribution is -0.120. The molecule has 1 aliphatic heterocycles. The summed E-state index contributed by atoms with van der Waals surface area (Å²) in [6.07, 6.45) is -0.982. The number of halogens is 3. The number of methoxy groups -OCH3 is 1. The molecule has 0 bridgehead atoms. The zero-order valence-corrected chi connectivity index (χ0v) is 14.1. The molecule has 7 nitrogen and oxygen atoms in total. The summed E-state index contributed by atoms with van der Waals surface area (Å²) in [5, 5.41) is 16.6. The second-order valence-corrected chi connectivity index (χ2v) is 5.83. The fourth-order valence-corrected chi connectivity index (χ4v) is 3.10. The number of nitrogens with zero attached hydrogens (tertiary/aromatic N) is 2. The van der Waals surface area contributed by atoms with E-state index in [-0.39, 0.29) is 34.6 Å². The molecule has 1 atom stereocenters. The molecule has 0 aliphatic carbocycles. The highest BCUT2D eigenvalue weighted by molar-refractivity contribution is 6.42. The monoisotopic (exact) mass is 379 g/mol. The van der Waals surface area contributed by atoms with Gasteiger partial charge in [-0.1, -0.05) is 34.8 Å². The average Bonchev–Trinajstić information content (AvgIpc) is 2.75. The SMILES string of the molecule is COC1=NN(c2c(Cl)cc(Cl)cc2Cl)C(=O)C1CCNC(=O)O. The summed E-state index contributed by atoms with van der Waals surface area (Å²) < 4.78 is 5.11. The van der Waals surface area contributed by atoms with Crippen LogP contribution in [0, 0.1) is 5.92 Å². The first kappa shape index (κ1) is 17.7. The van der Waals surface area contributed by atoms with Crippen LogP contribution in [0.2, 0.25) is 15.1 Å². The lowest BCUT2D eigenvalue weighted by Gasteiger charge is -2.16. The molecule has 0 saturated carbocycles. The van der Waals surface area contributed by atoms with Crippen LogP contribution in [0.1, 0.15) is 6.42 Å². The number of rotatable bonds is 4. The fourth-order valence-electron chi connectivity index (χ4n) is 2.12. The third-order valence-electron chi connectivity index (χ3n) is 3.12. The Bertz CT molecular complexity index is 657. The largest absolute Gasteiger partial charge is 0.482 e. The molecule has 124 valence electrons. The first-order valence-corrected chi connectivity index (χ1v) is 7.56. The lowest BCUT2D eigenvalue weighted by Crippen LogP contribution is -2.32. The highest BCUT2D eigenvalue weighted by atomic mass is 35.5. The van der Waals surface area contributed by atoms with E-state index in [9.17, 15) is 9.59 Å². The minimum absolute atomic E-state index is 0.0735. The van der Waals surface area contributed by atoms with E-state index >= 15 is 0 Å². The van der Waals surface area contributed by atoms with Gasteiger partial charge in [-0.25, -0.2) is 4.79 Å². The Kier molecular flexibility index (Phi) is 5.56. The maximum atomic E-state index is 12.5. The summed E-state index contributed by atoms with van der Waals surface area (Å²) in [6.45, 7) is 0.0735. The number of hydrazone groups is 1. The number of hydrogen-bond acceptors (Lipinski definition) is 4. The van der Waals surface area contributed by atoms with Crippen molar-refractivity contribution in [2.75, 3.05) is 18.7 Å². The number of carbonyl (C=O) groups is 2. The van der Waals surface area contributed by atoms with Gasteiger partial charge in [0.25, 0.3) is 5.91 Å². The Morgan fingerprint density at radius 1 is 1.39 bits per heavy atom. The van der Waals surface area contributed by atoms with E-state index in [1.165, 1.54) is 19.2 Å². The quantitative estimate of drug-likeness (QED) is 0.839. The average molecular weight is 381 g/mol. The van der Waals surface area contributed by atoms with Crippen molar-refractivity contribution in [2.45, 2.75) is 6.42 Å². The van der Waals surface area contributed by atoms with Crippen molar-refractivity contribution in [1.29, 1.82) is 0 Å². The molecule has 23 heavy (non-hydrogen) atoms. The van der Waals surface area contributed by atoms with Crippen molar-refractivity contribution in [3.8, 4) is 0 Å². The van der Waals surface area contributed by atoms with Crippen LogP contribution in [0.3, 0.4) is 0 Å². The van der Waals surface area contributed by atoms with Gasteiger partial charge in [-0.05, 0) is 18.6 Å². The molecule has 0 fully saturated rings. The zero-order valence-electron chi connectivity index (χ0n) is 11.8. The minimum atomic E-state index is -1.17. The Morgan fingerprint density at radius 3 is 2.52 bits per heavy atom. The summed E-state index contributed by atoms with van der Waals surface area (Å²) in [6, 6.07) is 2.89. The van der Waals surface area contributed by atoms with E-state index in [1.807, 2.05) is 0 Å². The van der Waals surface area contributed by atoms with E-state index < -0.39 is 17.9 Å². The van der Waals surface area contributed by atoms with Crippen molar-refractivity contribution in [2.24, 2.45) is 11.0 Å². The number of hydrogen-bond donors (Lipinski definition) is 2. The first-order chi connectivity index (χ1) is 10.8. The predicted octanol–water partition coefficient (Wildman–Crippen LogP) is 3.23. The minimum Gasteiger partial charge on any atom is -0.482 e. The number of carboxylic acid groups (broad SMARTS) is 1. The highest BCUT2D eigenvalue weighted by Crippen LogP contribution is 2.39. The van der Waals surface area contributed by atoms with E-state index in [4.69, 9.17) is 44.6 Å². The molecule has 1 unspecified atom stereocenters. The number of anilines is 1. The van der Waals surface area contributed by atoms with Crippen LogP contribution in [-0.2, 0) is 9.53 Å². The normalized spacial score (nSPS) is 17.2. The van der Waals surface area contributed by atoms with Crippen molar-refractivity contribution in [3.63, 3.8) is 0 Å². The topological polar surface area (TPSA) is 91.2 Å². The van der Waals surface area contributed by atoms with E-state index in [1.54, 1.807) is 0 Å². The Morgan fingerprint density at radius 2 is 2.00 bits per heavy atom. The summed E-state index contributed by atoms with van der Waals surface area (Å²) >= 11 is 18.1. The predicted molar refractivity (Wildman–Crippen MR) is 87.5 cm³/mol. The zero-order chi connectivity index (χ0) is 17.1. The molecule has 1 aromatic rings. The van der Waals surface area contributed by atoms with Gasteiger partial charge in [0.1, 0.15) is 11.6 Å².